The maximum absolute atomic E-state index is 13.2. The van der Waals surface area contributed by atoms with E-state index in [2.05, 4.69) is 0 Å². The molecule has 0 aliphatic heterocycles. The van der Waals surface area contributed by atoms with Gasteiger partial charge in [0, 0.05) is 15.8 Å². The van der Waals surface area contributed by atoms with Crippen LogP contribution in [-0.2, 0) is 0 Å². The zero-order valence-electron chi connectivity index (χ0n) is 9.99. The lowest BCUT2D eigenvalue weighted by atomic mass is 10.0. The number of thiophene rings is 1. The lowest BCUT2D eigenvalue weighted by molar-refractivity contribution is 0.103. The Morgan fingerprint density at radius 2 is 1.70 bits per heavy atom. The Labute approximate surface area is 116 Å². The van der Waals surface area contributed by atoms with E-state index < -0.39 is 23.2 Å². The second-order valence-corrected chi connectivity index (χ2v) is 5.14. The van der Waals surface area contributed by atoms with Crippen molar-refractivity contribution in [1.82, 2.24) is 0 Å². The SMILES string of the molecule is O=C(c1cc(F)c(F)c(F)c1)c1cccc2ccsc12. The molecule has 100 valence electrons. The number of benzene rings is 2. The Kier molecular flexibility index (Phi) is 3.06. The van der Waals surface area contributed by atoms with Gasteiger partial charge in [-0.3, -0.25) is 4.79 Å². The number of carbonyl (C=O) groups excluding carboxylic acids is 1. The smallest absolute Gasteiger partial charge is 0.194 e. The largest absolute Gasteiger partial charge is 0.289 e. The fourth-order valence-corrected chi connectivity index (χ4v) is 2.92. The van der Waals surface area contributed by atoms with Crippen LogP contribution >= 0.6 is 11.3 Å². The van der Waals surface area contributed by atoms with Crippen LogP contribution in [-0.4, -0.2) is 5.78 Å². The number of fused-ring (bicyclic) bond motifs is 1. The molecule has 0 atom stereocenters. The summed E-state index contributed by atoms with van der Waals surface area (Å²) < 4.78 is 40.1. The number of ketones is 1. The molecule has 1 heterocycles. The average Bonchev–Trinajstić information content (AvgIpc) is 2.91. The second-order valence-electron chi connectivity index (χ2n) is 4.23. The molecule has 0 aliphatic carbocycles. The molecule has 0 bridgehead atoms. The summed E-state index contributed by atoms with van der Waals surface area (Å²) in [6.07, 6.45) is 0. The van der Waals surface area contributed by atoms with E-state index in [1.165, 1.54) is 11.3 Å². The first-order valence-electron chi connectivity index (χ1n) is 5.73. The molecule has 0 saturated heterocycles. The highest BCUT2D eigenvalue weighted by Crippen LogP contribution is 2.27. The Hall–Kier alpha value is -2.14. The molecule has 3 aromatic rings. The monoisotopic (exact) mass is 292 g/mol. The summed E-state index contributed by atoms with van der Waals surface area (Å²) >= 11 is 1.37. The van der Waals surface area contributed by atoms with Crippen LogP contribution in [0.15, 0.2) is 41.8 Å². The van der Waals surface area contributed by atoms with E-state index in [0.29, 0.717) is 17.7 Å². The molecule has 0 spiro atoms. The van der Waals surface area contributed by atoms with Crippen LogP contribution in [0.5, 0.6) is 0 Å². The van der Waals surface area contributed by atoms with E-state index in [0.717, 1.165) is 10.1 Å². The van der Waals surface area contributed by atoms with Crippen molar-refractivity contribution < 1.29 is 18.0 Å². The zero-order chi connectivity index (χ0) is 14.3. The first kappa shape index (κ1) is 12.9. The van der Waals surface area contributed by atoms with Gasteiger partial charge < -0.3 is 0 Å². The normalized spacial score (nSPS) is 10.9. The molecular formula is C15H7F3OS. The van der Waals surface area contributed by atoms with Crippen molar-refractivity contribution in [3.63, 3.8) is 0 Å². The van der Waals surface area contributed by atoms with Crippen LogP contribution < -0.4 is 0 Å². The number of hydrogen-bond donors (Lipinski definition) is 0. The highest BCUT2D eigenvalue weighted by molar-refractivity contribution is 7.17. The average molecular weight is 292 g/mol. The fourth-order valence-electron chi connectivity index (χ4n) is 2.01. The molecule has 5 heteroatoms. The molecule has 0 aliphatic rings. The molecule has 1 nitrogen and oxygen atoms in total. The van der Waals surface area contributed by atoms with Gasteiger partial charge >= 0.3 is 0 Å². The van der Waals surface area contributed by atoms with E-state index in [1.54, 1.807) is 12.1 Å². The van der Waals surface area contributed by atoms with Crippen molar-refractivity contribution in [3.8, 4) is 0 Å². The topological polar surface area (TPSA) is 17.1 Å². The van der Waals surface area contributed by atoms with Gasteiger partial charge in [-0.25, -0.2) is 13.2 Å². The molecule has 0 amide bonds. The van der Waals surface area contributed by atoms with Gasteiger partial charge in [-0.2, -0.15) is 0 Å². The summed E-state index contributed by atoms with van der Waals surface area (Å²) in [6.45, 7) is 0. The second kappa shape index (κ2) is 4.76. The van der Waals surface area contributed by atoms with Crippen LogP contribution in [0.25, 0.3) is 10.1 Å². The molecule has 20 heavy (non-hydrogen) atoms. The Morgan fingerprint density at radius 1 is 1.00 bits per heavy atom. The van der Waals surface area contributed by atoms with Crippen LogP contribution in [0.4, 0.5) is 13.2 Å². The number of hydrogen-bond acceptors (Lipinski definition) is 2. The maximum atomic E-state index is 13.2. The summed E-state index contributed by atoms with van der Waals surface area (Å²) in [5.41, 5.74) is 0.144. The molecule has 3 rings (SSSR count). The van der Waals surface area contributed by atoms with E-state index in [1.807, 2.05) is 17.5 Å². The molecule has 2 aromatic carbocycles. The van der Waals surface area contributed by atoms with E-state index in [4.69, 9.17) is 0 Å². The highest BCUT2D eigenvalue weighted by Gasteiger charge is 2.18. The van der Waals surface area contributed by atoms with Gasteiger partial charge in [-0.05, 0) is 35.0 Å². The van der Waals surface area contributed by atoms with Crippen molar-refractivity contribution in [2.24, 2.45) is 0 Å². The van der Waals surface area contributed by atoms with Gasteiger partial charge in [0.2, 0.25) is 0 Å². The molecule has 0 N–H and O–H groups in total. The third kappa shape index (κ3) is 2.00. The molecule has 0 saturated carbocycles. The van der Waals surface area contributed by atoms with Crippen molar-refractivity contribution in [3.05, 3.63) is 70.4 Å². The van der Waals surface area contributed by atoms with Crippen molar-refractivity contribution in [2.45, 2.75) is 0 Å². The number of rotatable bonds is 2. The third-order valence-corrected chi connectivity index (χ3v) is 3.93. The minimum atomic E-state index is -1.57. The van der Waals surface area contributed by atoms with Crippen LogP contribution in [0.2, 0.25) is 0 Å². The molecule has 0 unspecified atom stereocenters. The minimum absolute atomic E-state index is 0.206. The molecule has 0 fully saturated rings. The summed E-state index contributed by atoms with van der Waals surface area (Å²) in [5.74, 6) is -4.84. The summed E-state index contributed by atoms with van der Waals surface area (Å²) in [4.78, 5) is 12.3. The molecule has 0 radical (unpaired) electrons. The van der Waals surface area contributed by atoms with Crippen LogP contribution in [0.3, 0.4) is 0 Å². The van der Waals surface area contributed by atoms with Gasteiger partial charge in [-0.15, -0.1) is 11.3 Å². The van der Waals surface area contributed by atoms with Crippen molar-refractivity contribution in [2.75, 3.05) is 0 Å². The predicted molar refractivity (Wildman–Crippen MR) is 71.6 cm³/mol. The van der Waals surface area contributed by atoms with Gasteiger partial charge in [0.05, 0.1) is 0 Å². The predicted octanol–water partition coefficient (Wildman–Crippen LogP) is 4.55. The quantitative estimate of drug-likeness (QED) is 0.500. The van der Waals surface area contributed by atoms with Gasteiger partial charge in [0.15, 0.2) is 23.2 Å². The summed E-state index contributed by atoms with van der Waals surface area (Å²) in [5, 5.41) is 2.71. The Bertz CT molecular complexity index is 800. The van der Waals surface area contributed by atoms with Crippen LogP contribution in [0, 0.1) is 17.5 Å². The zero-order valence-corrected chi connectivity index (χ0v) is 10.8. The lowest BCUT2D eigenvalue weighted by Crippen LogP contribution is -2.04. The summed E-state index contributed by atoms with van der Waals surface area (Å²) in [6, 6.07) is 8.40. The first-order chi connectivity index (χ1) is 9.58. The van der Waals surface area contributed by atoms with E-state index >= 15 is 0 Å². The van der Waals surface area contributed by atoms with E-state index in [9.17, 15) is 18.0 Å². The van der Waals surface area contributed by atoms with Gasteiger partial charge in [0.1, 0.15) is 0 Å². The minimum Gasteiger partial charge on any atom is -0.289 e. The van der Waals surface area contributed by atoms with Crippen molar-refractivity contribution >= 4 is 27.2 Å². The van der Waals surface area contributed by atoms with Crippen LogP contribution in [0.1, 0.15) is 15.9 Å². The van der Waals surface area contributed by atoms with Gasteiger partial charge in [0.25, 0.3) is 0 Å². The lowest BCUT2D eigenvalue weighted by Gasteiger charge is -2.04. The molecule has 1 aromatic heterocycles. The first-order valence-corrected chi connectivity index (χ1v) is 6.61. The summed E-state index contributed by atoms with van der Waals surface area (Å²) in [7, 11) is 0. The Morgan fingerprint density at radius 3 is 2.40 bits per heavy atom. The fraction of sp³-hybridized carbons (Fsp3) is 0. The Balaban J connectivity index is 2.16. The maximum Gasteiger partial charge on any atom is 0.194 e. The third-order valence-electron chi connectivity index (χ3n) is 2.97. The van der Waals surface area contributed by atoms with Crippen molar-refractivity contribution in [1.29, 1.82) is 0 Å². The standard InChI is InChI=1S/C15H7F3OS/c16-11-6-9(7-12(17)13(11)18)14(19)10-3-1-2-8-4-5-20-15(8)10/h1-7H. The molecular weight excluding hydrogens is 285 g/mol. The highest BCUT2D eigenvalue weighted by atomic mass is 32.1. The van der Waals surface area contributed by atoms with Gasteiger partial charge in [-0.1, -0.05) is 12.1 Å². The van der Waals surface area contributed by atoms with E-state index in [-0.39, 0.29) is 5.56 Å². The number of halogens is 3. The number of carbonyl (C=O) groups is 1.